The van der Waals surface area contributed by atoms with Crippen molar-refractivity contribution in [1.82, 2.24) is 4.90 Å². The Kier molecular flexibility index (Phi) is 6.35. The van der Waals surface area contributed by atoms with Crippen molar-refractivity contribution in [3.05, 3.63) is 48.2 Å². The highest BCUT2D eigenvalue weighted by Gasteiger charge is 2.30. The van der Waals surface area contributed by atoms with Crippen molar-refractivity contribution in [3.8, 4) is 11.5 Å². The summed E-state index contributed by atoms with van der Waals surface area (Å²) in [6.45, 7) is 3.14. The molecule has 0 fully saturated rings. The molecule has 0 atom stereocenters. The lowest BCUT2D eigenvalue weighted by molar-refractivity contribution is -0.139. The van der Waals surface area contributed by atoms with Gasteiger partial charge in [-0.15, -0.1) is 4.40 Å². The first kappa shape index (κ1) is 19.9. The number of hydrogen-bond acceptors (Lipinski definition) is 7. The molecule has 0 aromatic heterocycles. The van der Waals surface area contributed by atoms with E-state index in [9.17, 15) is 13.2 Å². The smallest absolute Gasteiger partial charge is 0.342 e. The van der Waals surface area contributed by atoms with E-state index in [1.54, 1.807) is 29.3 Å². The molecule has 1 aromatic rings. The maximum absolute atomic E-state index is 12.3. The molecule has 2 aliphatic rings. The topological polar surface area (TPSA) is 94.5 Å². The molecular formula is C19H22N2O6S. The van der Waals surface area contributed by atoms with E-state index >= 15 is 0 Å². The number of esters is 1. The summed E-state index contributed by atoms with van der Waals surface area (Å²) in [5.74, 6) is 0.776. The van der Waals surface area contributed by atoms with Gasteiger partial charge in [0.1, 0.15) is 30.3 Å². The van der Waals surface area contributed by atoms with Gasteiger partial charge in [-0.25, -0.2) is 13.2 Å². The van der Waals surface area contributed by atoms with Crippen molar-refractivity contribution in [3.63, 3.8) is 0 Å². The number of allylic oxidation sites excluding steroid dienone is 2. The number of amidine groups is 1. The Labute approximate surface area is 164 Å². The third-order valence-corrected chi connectivity index (χ3v) is 5.11. The second-order valence-corrected chi connectivity index (χ2v) is 7.88. The monoisotopic (exact) mass is 406 g/mol. The molecule has 0 N–H and O–H groups in total. The molecule has 0 aliphatic carbocycles. The number of nitrogens with zero attached hydrogens (tertiary/aromatic N) is 2. The van der Waals surface area contributed by atoms with Gasteiger partial charge in [0.05, 0.1) is 12.4 Å². The highest BCUT2D eigenvalue weighted by atomic mass is 32.2. The summed E-state index contributed by atoms with van der Waals surface area (Å²) < 4.78 is 43.4. The predicted octanol–water partition coefficient (Wildman–Crippen LogP) is 1.90. The average molecular weight is 406 g/mol. The van der Waals surface area contributed by atoms with Crippen LogP contribution in [-0.4, -0.2) is 57.2 Å². The van der Waals surface area contributed by atoms with E-state index in [1.807, 2.05) is 19.1 Å². The zero-order valence-corrected chi connectivity index (χ0v) is 16.4. The van der Waals surface area contributed by atoms with Crippen LogP contribution >= 0.6 is 0 Å². The number of carbonyl (C=O) groups excluding carboxylic acids is 1. The van der Waals surface area contributed by atoms with Crippen LogP contribution in [0.5, 0.6) is 11.5 Å². The Morgan fingerprint density at radius 3 is 2.46 bits per heavy atom. The number of carbonyl (C=O) groups is 1. The molecule has 0 bridgehead atoms. The van der Waals surface area contributed by atoms with Gasteiger partial charge < -0.3 is 19.1 Å². The number of benzene rings is 1. The molecule has 0 saturated carbocycles. The molecule has 9 heteroatoms. The van der Waals surface area contributed by atoms with Gasteiger partial charge in [-0.1, -0.05) is 6.92 Å². The van der Waals surface area contributed by atoms with Crippen molar-refractivity contribution in [1.29, 1.82) is 0 Å². The van der Waals surface area contributed by atoms with E-state index in [0.717, 1.165) is 12.2 Å². The lowest BCUT2D eigenvalue weighted by Gasteiger charge is -2.28. The van der Waals surface area contributed by atoms with Crippen LogP contribution in [0.1, 0.15) is 13.3 Å². The number of ether oxygens (including phenoxy) is 3. The van der Waals surface area contributed by atoms with Gasteiger partial charge in [-0.3, -0.25) is 0 Å². The van der Waals surface area contributed by atoms with Gasteiger partial charge in [0.2, 0.25) is 0 Å². The second-order valence-electron chi connectivity index (χ2n) is 6.12. The first-order valence-corrected chi connectivity index (χ1v) is 10.6. The quantitative estimate of drug-likeness (QED) is 0.481. The molecule has 1 aromatic carbocycles. The van der Waals surface area contributed by atoms with Crippen molar-refractivity contribution in [2.45, 2.75) is 13.3 Å². The third-order valence-electron chi connectivity index (χ3n) is 3.96. The van der Waals surface area contributed by atoms with Crippen LogP contribution in [0.4, 0.5) is 0 Å². The molecule has 2 heterocycles. The summed E-state index contributed by atoms with van der Waals surface area (Å²) in [4.78, 5) is 13.9. The lowest BCUT2D eigenvalue weighted by Crippen LogP contribution is -2.40. The van der Waals surface area contributed by atoms with E-state index in [0.29, 0.717) is 12.4 Å². The van der Waals surface area contributed by atoms with Crippen LogP contribution in [0.2, 0.25) is 0 Å². The molecule has 150 valence electrons. The molecule has 3 rings (SSSR count). The summed E-state index contributed by atoms with van der Waals surface area (Å²) >= 11 is 0. The van der Waals surface area contributed by atoms with Crippen LogP contribution in [-0.2, 0) is 19.6 Å². The van der Waals surface area contributed by atoms with Gasteiger partial charge in [-0.2, -0.15) is 0 Å². The minimum Gasteiger partial charge on any atom is -0.494 e. The minimum atomic E-state index is -3.56. The number of rotatable bonds is 8. The maximum Gasteiger partial charge on any atom is 0.342 e. The zero-order valence-electron chi connectivity index (χ0n) is 15.5. The molecule has 2 aliphatic heterocycles. The zero-order chi connectivity index (χ0) is 20.0. The van der Waals surface area contributed by atoms with Crippen LogP contribution < -0.4 is 9.47 Å². The Morgan fingerprint density at radius 2 is 1.79 bits per heavy atom. The maximum atomic E-state index is 12.3. The summed E-state index contributed by atoms with van der Waals surface area (Å²) in [5, 5.41) is 0. The van der Waals surface area contributed by atoms with Crippen LogP contribution in [0.3, 0.4) is 0 Å². The third kappa shape index (κ3) is 5.13. The molecule has 0 saturated heterocycles. The van der Waals surface area contributed by atoms with Crippen molar-refractivity contribution >= 4 is 21.8 Å². The minimum absolute atomic E-state index is 0.0218. The van der Waals surface area contributed by atoms with Gasteiger partial charge in [-0.05, 0) is 42.8 Å². The molecule has 0 spiro atoms. The van der Waals surface area contributed by atoms with E-state index in [4.69, 9.17) is 14.2 Å². The van der Waals surface area contributed by atoms with Crippen LogP contribution in [0, 0.1) is 0 Å². The number of sulfonamides is 1. The standard InChI is InChI=1S/C19H22N2O6S/c1-2-11-25-15-5-7-16(8-6-15)26-12-13-27-19(22)17-4-3-9-21-10-14-28(23,24)20-18(17)21/h3-9H,2,10-14H2,1H3. The first-order valence-electron chi connectivity index (χ1n) is 8.99. The Hall–Kier alpha value is -2.81. The summed E-state index contributed by atoms with van der Waals surface area (Å²) in [6.07, 6.45) is 5.77. The van der Waals surface area contributed by atoms with Gasteiger partial charge in [0.15, 0.2) is 5.84 Å². The number of fused-ring (bicyclic) bond motifs is 1. The van der Waals surface area contributed by atoms with E-state index in [-0.39, 0.29) is 36.9 Å². The average Bonchev–Trinajstić information content (AvgIpc) is 2.69. The predicted molar refractivity (Wildman–Crippen MR) is 104 cm³/mol. The van der Waals surface area contributed by atoms with Crippen molar-refractivity contribution < 1.29 is 27.4 Å². The first-order chi connectivity index (χ1) is 13.5. The molecule has 8 nitrogen and oxygen atoms in total. The van der Waals surface area contributed by atoms with E-state index in [2.05, 4.69) is 4.40 Å². The highest BCUT2D eigenvalue weighted by molar-refractivity contribution is 7.90. The Balaban J connectivity index is 1.50. The largest absolute Gasteiger partial charge is 0.494 e. The van der Waals surface area contributed by atoms with Crippen LogP contribution in [0.25, 0.3) is 0 Å². The van der Waals surface area contributed by atoms with Gasteiger partial charge in [0.25, 0.3) is 10.0 Å². The van der Waals surface area contributed by atoms with Crippen LogP contribution in [0.15, 0.2) is 52.6 Å². The highest BCUT2D eigenvalue weighted by Crippen LogP contribution is 2.19. The normalized spacial score (nSPS) is 17.2. The van der Waals surface area contributed by atoms with Gasteiger partial charge >= 0.3 is 5.97 Å². The fourth-order valence-corrected chi connectivity index (χ4v) is 3.58. The molecule has 0 radical (unpaired) electrons. The van der Waals surface area contributed by atoms with E-state index < -0.39 is 16.0 Å². The fourth-order valence-electron chi connectivity index (χ4n) is 2.60. The summed E-state index contributed by atoms with van der Waals surface area (Å²) in [6, 6.07) is 7.18. The fraction of sp³-hybridized carbons (Fsp3) is 0.368. The Morgan fingerprint density at radius 1 is 1.11 bits per heavy atom. The SMILES string of the molecule is CCCOc1ccc(OCCOC(=O)C2=CC=CN3CCS(=O)(=O)N=C23)cc1. The van der Waals surface area contributed by atoms with Crippen molar-refractivity contribution in [2.75, 3.05) is 32.1 Å². The number of hydrogen-bond donors (Lipinski definition) is 0. The Bertz CT molecular complexity index is 903. The lowest BCUT2D eigenvalue weighted by atomic mass is 10.1. The molecular weight excluding hydrogens is 384 g/mol. The van der Waals surface area contributed by atoms with Gasteiger partial charge in [0, 0.05) is 12.7 Å². The molecule has 0 amide bonds. The van der Waals surface area contributed by atoms with E-state index in [1.165, 1.54) is 6.08 Å². The summed E-state index contributed by atoms with van der Waals surface area (Å²) in [5.41, 5.74) is 0.114. The summed E-state index contributed by atoms with van der Waals surface area (Å²) in [7, 11) is -3.56. The van der Waals surface area contributed by atoms with Crippen molar-refractivity contribution in [2.24, 2.45) is 4.40 Å². The second kappa shape index (κ2) is 8.92. The molecule has 0 unspecified atom stereocenters. The molecule has 28 heavy (non-hydrogen) atoms.